The summed E-state index contributed by atoms with van der Waals surface area (Å²) in [4.78, 5) is 17.0. The third kappa shape index (κ3) is 3.45. The molecule has 0 aromatic carbocycles. The van der Waals surface area contributed by atoms with E-state index in [0.717, 1.165) is 19.5 Å². The molecule has 2 atom stereocenters. The lowest BCUT2D eigenvalue weighted by Gasteiger charge is -2.35. The largest absolute Gasteiger partial charge is 0.351 e. The number of aromatic nitrogens is 3. The molecule has 0 aliphatic carbocycles. The van der Waals surface area contributed by atoms with Crippen molar-refractivity contribution in [2.75, 3.05) is 49.9 Å². The molecule has 112 valence electrons. The Labute approximate surface area is 119 Å². The number of nitrogens with one attached hydrogen (secondary N) is 2. The monoisotopic (exact) mass is 280 g/mol. The SMILES string of the molecule is CC1CN(C)CCC1Nc1nc(NN)nc(N(C)C)n1. The number of nitrogen functional groups attached to an aromatic ring is 1. The van der Waals surface area contributed by atoms with Gasteiger partial charge >= 0.3 is 0 Å². The van der Waals surface area contributed by atoms with Crippen LogP contribution < -0.4 is 21.5 Å². The highest BCUT2D eigenvalue weighted by Crippen LogP contribution is 2.20. The van der Waals surface area contributed by atoms with Crippen LogP contribution in [0, 0.1) is 5.92 Å². The van der Waals surface area contributed by atoms with E-state index in [0.29, 0.717) is 29.8 Å². The van der Waals surface area contributed by atoms with E-state index in [4.69, 9.17) is 5.84 Å². The van der Waals surface area contributed by atoms with Crippen molar-refractivity contribution in [3.05, 3.63) is 0 Å². The van der Waals surface area contributed by atoms with Gasteiger partial charge < -0.3 is 15.1 Å². The summed E-state index contributed by atoms with van der Waals surface area (Å²) in [5, 5.41) is 3.41. The molecule has 0 saturated carbocycles. The Bertz CT molecular complexity index is 449. The van der Waals surface area contributed by atoms with Crippen molar-refractivity contribution in [3.8, 4) is 0 Å². The Morgan fingerprint density at radius 3 is 2.55 bits per heavy atom. The van der Waals surface area contributed by atoms with Crippen LogP contribution in [0.5, 0.6) is 0 Å². The fourth-order valence-electron chi connectivity index (χ4n) is 2.43. The highest BCUT2D eigenvalue weighted by atomic mass is 15.4. The zero-order chi connectivity index (χ0) is 14.7. The lowest BCUT2D eigenvalue weighted by molar-refractivity contribution is 0.206. The van der Waals surface area contributed by atoms with Crippen molar-refractivity contribution in [2.45, 2.75) is 19.4 Å². The first-order chi connectivity index (χ1) is 9.49. The second-order valence-corrected chi connectivity index (χ2v) is 5.60. The zero-order valence-corrected chi connectivity index (χ0v) is 12.6. The van der Waals surface area contributed by atoms with Gasteiger partial charge in [0.05, 0.1) is 0 Å². The molecular formula is C12H24N8. The van der Waals surface area contributed by atoms with Crippen molar-refractivity contribution >= 4 is 17.8 Å². The van der Waals surface area contributed by atoms with Crippen molar-refractivity contribution in [2.24, 2.45) is 11.8 Å². The molecule has 1 aromatic heterocycles. The number of hydrogen-bond donors (Lipinski definition) is 3. The third-order valence-corrected chi connectivity index (χ3v) is 3.58. The lowest BCUT2D eigenvalue weighted by Crippen LogP contribution is -2.43. The fourth-order valence-corrected chi connectivity index (χ4v) is 2.43. The van der Waals surface area contributed by atoms with Gasteiger partial charge in [-0.15, -0.1) is 0 Å². The number of hydrogen-bond acceptors (Lipinski definition) is 8. The number of anilines is 3. The summed E-state index contributed by atoms with van der Waals surface area (Å²) in [6.45, 7) is 4.39. The van der Waals surface area contributed by atoms with Crippen LogP contribution in [-0.4, -0.2) is 60.1 Å². The minimum Gasteiger partial charge on any atom is -0.351 e. The number of rotatable bonds is 4. The molecular weight excluding hydrogens is 256 g/mol. The van der Waals surface area contributed by atoms with Crippen LogP contribution in [0.25, 0.3) is 0 Å². The summed E-state index contributed by atoms with van der Waals surface area (Å²) >= 11 is 0. The van der Waals surface area contributed by atoms with Crippen molar-refractivity contribution in [1.29, 1.82) is 0 Å². The minimum atomic E-state index is 0.367. The topological polar surface area (TPSA) is 95.2 Å². The van der Waals surface area contributed by atoms with Crippen molar-refractivity contribution in [1.82, 2.24) is 19.9 Å². The molecule has 0 radical (unpaired) electrons. The summed E-state index contributed by atoms with van der Waals surface area (Å²) in [6.07, 6.45) is 1.08. The molecule has 1 fully saturated rings. The molecule has 1 aliphatic heterocycles. The predicted molar refractivity (Wildman–Crippen MR) is 80.7 cm³/mol. The Kier molecular flexibility index (Phi) is 4.56. The molecule has 0 spiro atoms. The van der Waals surface area contributed by atoms with Crippen LogP contribution in [0.2, 0.25) is 0 Å². The van der Waals surface area contributed by atoms with Gasteiger partial charge in [-0.05, 0) is 25.9 Å². The van der Waals surface area contributed by atoms with E-state index in [1.807, 2.05) is 19.0 Å². The molecule has 8 nitrogen and oxygen atoms in total. The van der Waals surface area contributed by atoms with Crippen molar-refractivity contribution < 1.29 is 0 Å². The molecule has 1 saturated heterocycles. The average Bonchev–Trinajstić information content (AvgIpc) is 2.41. The highest BCUT2D eigenvalue weighted by Gasteiger charge is 2.25. The molecule has 2 unspecified atom stereocenters. The molecule has 2 rings (SSSR count). The summed E-state index contributed by atoms with van der Waals surface area (Å²) in [5.41, 5.74) is 2.48. The quantitative estimate of drug-likeness (QED) is 0.523. The van der Waals surface area contributed by atoms with Crippen LogP contribution in [0.3, 0.4) is 0 Å². The Morgan fingerprint density at radius 1 is 1.25 bits per heavy atom. The van der Waals surface area contributed by atoms with E-state index in [9.17, 15) is 0 Å². The summed E-state index contributed by atoms with van der Waals surface area (Å²) in [6, 6.07) is 0.370. The Balaban J connectivity index is 2.14. The van der Waals surface area contributed by atoms with E-state index in [2.05, 4.69) is 44.6 Å². The minimum absolute atomic E-state index is 0.367. The standard InChI is InChI=1S/C12H24N8/c1-8-7-20(4)6-5-9(8)14-10-15-11(18-13)17-12(16-10)19(2)3/h8-9H,5-7,13H2,1-4H3,(H2,14,15,16,17,18). The summed E-state index contributed by atoms with van der Waals surface area (Å²) in [5.74, 6) is 7.47. The first-order valence-electron chi connectivity index (χ1n) is 6.84. The number of hydrazine groups is 1. The maximum absolute atomic E-state index is 5.41. The summed E-state index contributed by atoms with van der Waals surface area (Å²) in [7, 11) is 5.92. The van der Waals surface area contributed by atoms with Crippen LogP contribution >= 0.6 is 0 Å². The summed E-state index contributed by atoms with van der Waals surface area (Å²) < 4.78 is 0. The Hall–Kier alpha value is -1.67. The molecule has 4 N–H and O–H groups in total. The predicted octanol–water partition coefficient (Wildman–Crippen LogP) is -0.0247. The van der Waals surface area contributed by atoms with Gasteiger partial charge in [-0.25, -0.2) is 5.84 Å². The highest BCUT2D eigenvalue weighted by molar-refractivity contribution is 5.42. The van der Waals surface area contributed by atoms with Crippen LogP contribution in [0.1, 0.15) is 13.3 Å². The van der Waals surface area contributed by atoms with E-state index in [-0.39, 0.29) is 0 Å². The first kappa shape index (κ1) is 14.7. The number of likely N-dealkylation sites (tertiary alicyclic amines) is 1. The van der Waals surface area contributed by atoms with E-state index in [1.54, 1.807) is 0 Å². The molecule has 0 amide bonds. The molecule has 1 aromatic rings. The van der Waals surface area contributed by atoms with E-state index >= 15 is 0 Å². The third-order valence-electron chi connectivity index (χ3n) is 3.58. The van der Waals surface area contributed by atoms with Crippen LogP contribution in [0.4, 0.5) is 17.8 Å². The van der Waals surface area contributed by atoms with Gasteiger partial charge in [-0.2, -0.15) is 15.0 Å². The second kappa shape index (κ2) is 6.19. The zero-order valence-electron chi connectivity index (χ0n) is 12.6. The van der Waals surface area contributed by atoms with Gasteiger partial charge in [-0.3, -0.25) is 5.43 Å². The normalized spacial score (nSPS) is 23.4. The van der Waals surface area contributed by atoms with E-state index in [1.165, 1.54) is 0 Å². The fraction of sp³-hybridized carbons (Fsp3) is 0.750. The number of piperidine rings is 1. The first-order valence-corrected chi connectivity index (χ1v) is 6.84. The molecule has 0 bridgehead atoms. The van der Waals surface area contributed by atoms with Gasteiger partial charge in [0.1, 0.15) is 0 Å². The molecule has 2 heterocycles. The maximum atomic E-state index is 5.41. The van der Waals surface area contributed by atoms with Gasteiger partial charge in [0.25, 0.3) is 0 Å². The number of nitrogens with zero attached hydrogens (tertiary/aromatic N) is 5. The lowest BCUT2D eigenvalue weighted by atomic mass is 9.94. The van der Waals surface area contributed by atoms with E-state index < -0.39 is 0 Å². The van der Waals surface area contributed by atoms with Gasteiger partial charge in [0, 0.05) is 26.7 Å². The maximum Gasteiger partial charge on any atom is 0.243 e. The second-order valence-electron chi connectivity index (χ2n) is 5.60. The van der Waals surface area contributed by atoms with Gasteiger partial charge in [-0.1, -0.05) is 6.92 Å². The van der Waals surface area contributed by atoms with Crippen molar-refractivity contribution in [3.63, 3.8) is 0 Å². The van der Waals surface area contributed by atoms with Gasteiger partial charge in [0.15, 0.2) is 0 Å². The number of nitrogens with two attached hydrogens (primary N) is 1. The van der Waals surface area contributed by atoms with Crippen LogP contribution in [-0.2, 0) is 0 Å². The Morgan fingerprint density at radius 2 is 1.95 bits per heavy atom. The molecule has 20 heavy (non-hydrogen) atoms. The van der Waals surface area contributed by atoms with Gasteiger partial charge in [0.2, 0.25) is 17.8 Å². The average molecular weight is 280 g/mol. The van der Waals surface area contributed by atoms with Crippen LogP contribution in [0.15, 0.2) is 0 Å². The smallest absolute Gasteiger partial charge is 0.243 e. The molecule has 8 heteroatoms. The molecule has 1 aliphatic rings.